The van der Waals surface area contributed by atoms with E-state index in [0.29, 0.717) is 0 Å². The topological polar surface area (TPSA) is 108 Å². The standard InChI is InChI=1S/C10H17BrN2O5/c1-10(2,3)18-9(17)13-6(8(15)16)5-12-7(14)4-11/h6H,4-5H2,1-3H3,(H,12,14)(H,13,17)(H,15,16)/p-1/t6-/m0/s1. The van der Waals surface area contributed by atoms with Crippen LogP contribution in [0, 0.1) is 0 Å². The Morgan fingerprint density at radius 3 is 2.28 bits per heavy atom. The van der Waals surface area contributed by atoms with Crippen molar-refractivity contribution in [1.82, 2.24) is 10.6 Å². The predicted molar refractivity (Wildman–Crippen MR) is 65.0 cm³/mol. The van der Waals surface area contributed by atoms with E-state index in [1.165, 1.54) is 0 Å². The second-order valence-corrected chi connectivity index (χ2v) is 5.02. The van der Waals surface area contributed by atoms with Crippen LogP contribution in [-0.2, 0) is 14.3 Å². The van der Waals surface area contributed by atoms with E-state index in [1.807, 2.05) is 0 Å². The van der Waals surface area contributed by atoms with Crippen molar-refractivity contribution < 1.29 is 24.2 Å². The summed E-state index contributed by atoms with van der Waals surface area (Å²) in [5, 5.41) is 15.2. The Balaban J connectivity index is 4.32. The normalized spacial score (nSPS) is 12.4. The van der Waals surface area contributed by atoms with Gasteiger partial charge in [0.1, 0.15) is 5.60 Å². The lowest BCUT2D eigenvalue weighted by molar-refractivity contribution is -0.308. The molecular formula is C10H16BrN2O5-. The summed E-state index contributed by atoms with van der Waals surface area (Å²) in [5.41, 5.74) is -0.736. The van der Waals surface area contributed by atoms with Gasteiger partial charge in [0.25, 0.3) is 0 Å². The second kappa shape index (κ2) is 7.20. The zero-order chi connectivity index (χ0) is 14.3. The average molecular weight is 324 g/mol. The first kappa shape index (κ1) is 16.7. The molecule has 0 saturated heterocycles. The molecule has 0 aromatic rings. The van der Waals surface area contributed by atoms with Gasteiger partial charge in [0.15, 0.2) is 0 Å². The zero-order valence-electron chi connectivity index (χ0n) is 10.4. The SMILES string of the molecule is CC(C)(C)OC(=O)N[C@@H](CNC(=O)CBr)C(=O)[O-]. The summed E-state index contributed by atoms with van der Waals surface area (Å²) in [4.78, 5) is 33.0. The van der Waals surface area contributed by atoms with Gasteiger partial charge in [-0.15, -0.1) is 0 Å². The van der Waals surface area contributed by atoms with Crippen LogP contribution in [0.4, 0.5) is 4.79 Å². The van der Waals surface area contributed by atoms with E-state index in [4.69, 9.17) is 4.74 Å². The van der Waals surface area contributed by atoms with Crippen LogP contribution in [0.3, 0.4) is 0 Å². The summed E-state index contributed by atoms with van der Waals surface area (Å²) in [7, 11) is 0. The van der Waals surface area contributed by atoms with Crippen LogP contribution < -0.4 is 15.7 Å². The number of amides is 2. The number of nitrogens with one attached hydrogen (secondary N) is 2. The Kier molecular flexibility index (Phi) is 6.67. The van der Waals surface area contributed by atoms with Gasteiger partial charge in [-0.25, -0.2) is 4.79 Å². The van der Waals surface area contributed by atoms with Gasteiger partial charge in [-0.05, 0) is 20.8 Å². The first-order valence-electron chi connectivity index (χ1n) is 5.18. The molecule has 8 heteroatoms. The number of hydrogen-bond donors (Lipinski definition) is 2. The quantitative estimate of drug-likeness (QED) is 0.640. The number of aliphatic carboxylic acids is 1. The highest BCUT2D eigenvalue weighted by atomic mass is 79.9. The molecule has 2 N–H and O–H groups in total. The third-order valence-corrected chi connectivity index (χ3v) is 2.11. The van der Waals surface area contributed by atoms with E-state index in [2.05, 4.69) is 26.6 Å². The fourth-order valence-electron chi connectivity index (χ4n) is 0.906. The number of alkyl halides is 1. The molecule has 2 amide bonds. The molecule has 0 saturated carbocycles. The summed E-state index contributed by atoms with van der Waals surface area (Å²) < 4.78 is 4.89. The Bertz CT molecular complexity index is 327. The average Bonchev–Trinajstić information content (AvgIpc) is 2.20. The summed E-state index contributed by atoms with van der Waals surface area (Å²) in [6, 6.07) is -1.34. The highest BCUT2D eigenvalue weighted by Crippen LogP contribution is 2.06. The van der Waals surface area contributed by atoms with E-state index in [1.54, 1.807) is 20.8 Å². The number of carbonyl (C=O) groups is 3. The van der Waals surface area contributed by atoms with E-state index in [0.717, 1.165) is 0 Å². The number of carboxylic acid groups (broad SMARTS) is 1. The first-order valence-corrected chi connectivity index (χ1v) is 6.31. The number of hydrogen-bond acceptors (Lipinski definition) is 5. The van der Waals surface area contributed by atoms with Gasteiger partial charge in [-0.3, -0.25) is 4.79 Å². The van der Waals surface area contributed by atoms with E-state index in [9.17, 15) is 19.5 Å². The fourth-order valence-corrected chi connectivity index (χ4v) is 1.10. The molecule has 0 fully saturated rings. The molecule has 0 aliphatic rings. The number of rotatable bonds is 5. The van der Waals surface area contributed by atoms with Crippen LogP contribution in [-0.4, -0.2) is 41.5 Å². The number of halogens is 1. The molecule has 0 spiro atoms. The molecule has 0 bridgehead atoms. The van der Waals surface area contributed by atoms with Crippen molar-refractivity contribution >= 4 is 33.9 Å². The highest BCUT2D eigenvalue weighted by Gasteiger charge is 2.20. The Hall–Kier alpha value is -1.31. The van der Waals surface area contributed by atoms with Crippen LogP contribution in [0.25, 0.3) is 0 Å². The Morgan fingerprint density at radius 1 is 1.33 bits per heavy atom. The maximum atomic E-state index is 11.3. The van der Waals surface area contributed by atoms with Crippen molar-refractivity contribution in [2.45, 2.75) is 32.4 Å². The maximum Gasteiger partial charge on any atom is 0.408 e. The first-order chi connectivity index (χ1) is 8.15. The van der Waals surface area contributed by atoms with E-state index in [-0.39, 0.29) is 11.9 Å². The molecule has 0 aromatic carbocycles. The van der Waals surface area contributed by atoms with Crippen molar-refractivity contribution in [2.75, 3.05) is 11.9 Å². The molecule has 7 nitrogen and oxygen atoms in total. The van der Waals surface area contributed by atoms with Crippen LogP contribution >= 0.6 is 15.9 Å². The van der Waals surface area contributed by atoms with E-state index < -0.39 is 29.6 Å². The molecule has 1 atom stereocenters. The summed E-state index contributed by atoms with van der Waals surface area (Å²) in [6.07, 6.45) is -0.884. The Labute approximate surface area is 113 Å². The lowest BCUT2D eigenvalue weighted by Gasteiger charge is -2.24. The molecule has 0 aromatic heterocycles. The third-order valence-electron chi connectivity index (χ3n) is 1.60. The minimum Gasteiger partial charge on any atom is -0.548 e. The predicted octanol–water partition coefficient (Wildman–Crippen LogP) is -0.859. The van der Waals surface area contributed by atoms with Crippen molar-refractivity contribution in [1.29, 1.82) is 0 Å². The summed E-state index contributed by atoms with van der Waals surface area (Å²) in [5.74, 6) is -1.90. The second-order valence-electron chi connectivity index (χ2n) is 4.46. The Morgan fingerprint density at radius 2 is 1.89 bits per heavy atom. The van der Waals surface area contributed by atoms with Crippen molar-refractivity contribution in [3.05, 3.63) is 0 Å². The molecular weight excluding hydrogens is 308 g/mol. The summed E-state index contributed by atoms with van der Waals surface area (Å²) >= 11 is 2.91. The van der Waals surface area contributed by atoms with Crippen LogP contribution in [0.1, 0.15) is 20.8 Å². The minimum atomic E-state index is -1.50. The van der Waals surface area contributed by atoms with Crippen LogP contribution in [0.15, 0.2) is 0 Å². The monoisotopic (exact) mass is 323 g/mol. The van der Waals surface area contributed by atoms with Gasteiger partial charge in [-0.1, -0.05) is 15.9 Å². The molecule has 0 aliphatic heterocycles. The smallest absolute Gasteiger partial charge is 0.408 e. The van der Waals surface area contributed by atoms with Gasteiger partial charge in [0.2, 0.25) is 5.91 Å². The van der Waals surface area contributed by atoms with Crippen molar-refractivity contribution in [3.63, 3.8) is 0 Å². The highest BCUT2D eigenvalue weighted by molar-refractivity contribution is 9.09. The molecule has 18 heavy (non-hydrogen) atoms. The van der Waals surface area contributed by atoms with Crippen LogP contribution in [0.5, 0.6) is 0 Å². The summed E-state index contributed by atoms with van der Waals surface area (Å²) in [6.45, 7) is 4.67. The molecule has 0 unspecified atom stereocenters. The maximum absolute atomic E-state index is 11.3. The molecule has 0 heterocycles. The molecule has 104 valence electrons. The molecule has 0 aliphatic carbocycles. The number of alkyl carbamates (subject to hydrolysis) is 1. The zero-order valence-corrected chi connectivity index (χ0v) is 12.0. The van der Waals surface area contributed by atoms with E-state index >= 15 is 0 Å². The molecule has 0 rings (SSSR count). The van der Waals surface area contributed by atoms with Crippen molar-refractivity contribution in [2.24, 2.45) is 0 Å². The fraction of sp³-hybridized carbons (Fsp3) is 0.700. The third kappa shape index (κ3) is 7.88. The lowest BCUT2D eigenvalue weighted by Crippen LogP contribution is -2.54. The minimum absolute atomic E-state index is 0.0409. The molecule has 0 radical (unpaired) electrons. The van der Waals surface area contributed by atoms with Crippen molar-refractivity contribution in [3.8, 4) is 0 Å². The van der Waals surface area contributed by atoms with Gasteiger partial charge in [0, 0.05) is 6.54 Å². The number of ether oxygens (including phenoxy) is 1. The van der Waals surface area contributed by atoms with Gasteiger partial charge < -0.3 is 25.3 Å². The van der Waals surface area contributed by atoms with Gasteiger partial charge in [0.05, 0.1) is 17.3 Å². The number of carbonyl (C=O) groups excluding carboxylic acids is 3. The van der Waals surface area contributed by atoms with Gasteiger partial charge >= 0.3 is 6.09 Å². The largest absolute Gasteiger partial charge is 0.548 e. The van der Waals surface area contributed by atoms with Gasteiger partial charge in [-0.2, -0.15) is 0 Å². The van der Waals surface area contributed by atoms with Crippen LogP contribution in [0.2, 0.25) is 0 Å². The number of carboxylic acids is 1. The lowest BCUT2D eigenvalue weighted by atomic mass is 10.2.